The Kier molecular flexibility index (Phi) is 5.41. The van der Waals surface area contributed by atoms with Crippen molar-refractivity contribution in [2.75, 3.05) is 10.6 Å². The molecule has 0 aliphatic carbocycles. The maximum atomic E-state index is 12.2. The minimum atomic E-state index is -0.458. The van der Waals surface area contributed by atoms with Crippen LogP contribution in [0.4, 0.5) is 11.4 Å². The van der Waals surface area contributed by atoms with E-state index in [1.165, 1.54) is 0 Å². The summed E-state index contributed by atoms with van der Waals surface area (Å²) < 4.78 is 1.06. The first-order valence-corrected chi connectivity index (χ1v) is 8.32. The van der Waals surface area contributed by atoms with Gasteiger partial charge in [0.15, 0.2) is 0 Å². The largest absolute Gasteiger partial charge is 0.326 e. The van der Waals surface area contributed by atoms with E-state index in [0.29, 0.717) is 11.3 Å². The summed E-state index contributed by atoms with van der Waals surface area (Å²) in [6.07, 6.45) is 0. The summed E-state index contributed by atoms with van der Waals surface area (Å²) in [5, 5.41) is 5.69. The number of hydrogen-bond donors (Lipinski definition) is 2. The van der Waals surface area contributed by atoms with Crippen molar-refractivity contribution < 1.29 is 9.59 Å². The van der Waals surface area contributed by atoms with Gasteiger partial charge in [0, 0.05) is 25.9 Å². The molecule has 0 heterocycles. The SMILES string of the molecule is CC(C)(C)C(=O)Nc1ccc(C(=O)Nc2cccc(I)c2)cc1. The zero-order valence-corrected chi connectivity index (χ0v) is 15.5. The summed E-state index contributed by atoms with van der Waals surface area (Å²) in [6, 6.07) is 14.4. The molecule has 2 rings (SSSR count). The highest BCUT2D eigenvalue weighted by Gasteiger charge is 2.21. The second kappa shape index (κ2) is 7.12. The van der Waals surface area contributed by atoms with Crippen LogP contribution in [0, 0.1) is 8.99 Å². The molecule has 0 atom stereocenters. The lowest BCUT2D eigenvalue weighted by molar-refractivity contribution is -0.123. The lowest BCUT2D eigenvalue weighted by atomic mass is 9.95. The predicted octanol–water partition coefficient (Wildman–Crippen LogP) is 4.53. The third-order valence-electron chi connectivity index (χ3n) is 3.17. The van der Waals surface area contributed by atoms with Gasteiger partial charge in [0.25, 0.3) is 5.91 Å². The van der Waals surface area contributed by atoms with Gasteiger partial charge < -0.3 is 10.6 Å². The number of hydrogen-bond acceptors (Lipinski definition) is 2. The Balaban J connectivity index is 2.04. The van der Waals surface area contributed by atoms with Crippen LogP contribution in [0.1, 0.15) is 31.1 Å². The van der Waals surface area contributed by atoms with Crippen LogP contribution in [0.2, 0.25) is 0 Å². The summed E-state index contributed by atoms with van der Waals surface area (Å²) in [6.45, 7) is 5.56. The fourth-order valence-electron chi connectivity index (χ4n) is 1.79. The monoisotopic (exact) mass is 422 g/mol. The van der Waals surface area contributed by atoms with Crippen molar-refractivity contribution in [3.8, 4) is 0 Å². The summed E-state index contributed by atoms with van der Waals surface area (Å²) in [5.41, 5.74) is 1.51. The van der Waals surface area contributed by atoms with Crippen LogP contribution in [0.5, 0.6) is 0 Å². The molecule has 0 bridgehead atoms. The van der Waals surface area contributed by atoms with Crippen molar-refractivity contribution in [2.45, 2.75) is 20.8 Å². The molecule has 5 heteroatoms. The maximum Gasteiger partial charge on any atom is 0.255 e. The fourth-order valence-corrected chi connectivity index (χ4v) is 2.34. The van der Waals surface area contributed by atoms with E-state index >= 15 is 0 Å². The number of halogens is 1. The molecule has 2 aromatic carbocycles. The molecule has 0 aliphatic rings. The molecule has 120 valence electrons. The van der Waals surface area contributed by atoms with Crippen LogP contribution in [0.25, 0.3) is 0 Å². The van der Waals surface area contributed by atoms with Crippen LogP contribution in [-0.2, 0) is 4.79 Å². The quantitative estimate of drug-likeness (QED) is 0.715. The molecule has 0 unspecified atom stereocenters. The second-order valence-corrected chi connectivity index (χ2v) is 7.49. The van der Waals surface area contributed by atoms with E-state index in [4.69, 9.17) is 0 Å². The molecule has 0 spiro atoms. The van der Waals surface area contributed by atoms with Crippen LogP contribution in [-0.4, -0.2) is 11.8 Å². The van der Waals surface area contributed by atoms with E-state index in [1.807, 2.05) is 45.0 Å². The number of amides is 2. The standard InChI is InChI=1S/C18H19IN2O2/c1-18(2,3)17(23)21-14-9-7-12(8-10-14)16(22)20-15-6-4-5-13(19)11-15/h4-11H,1-3H3,(H,20,22)(H,21,23). The molecule has 0 fully saturated rings. The zero-order chi connectivity index (χ0) is 17.0. The highest BCUT2D eigenvalue weighted by Crippen LogP contribution is 2.18. The van der Waals surface area contributed by atoms with E-state index in [1.54, 1.807) is 24.3 Å². The van der Waals surface area contributed by atoms with Crippen molar-refractivity contribution in [2.24, 2.45) is 5.41 Å². The minimum Gasteiger partial charge on any atom is -0.326 e. The van der Waals surface area contributed by atoms with Gasteiger partial charge in [-0.05, 0) is 65.1 Å². The third kappa shape index (κ3) is 5.06. The molecule has 0 radical (unpaired) electrons. The molecule has 2 amide bonds. The van der Waals surface area contributed by atoms with Gasteiger partial charge in [-0.15, -0.1) is 0 Å². The lowest BCUT2D eigenvalue weighted by Crippen LogP contribution is -2.27. The van der Waals surface area contributed by atoms with E-state index in [-0.39, 0.29) is 11.8 Å². The van der Waals surface area contributed by atoms with Crippen LogP contribution >= 0.6 is 22.6 Å². The summed E-state index contributed by atoms with van der Waals surface area (Å²) in [5.74, 6) is -0.241. The van der Waals surface area contributed by atoms with Crippen molar-refractivity contribution in [3.05, 3.63) is 57.7 Å². The molecule has 2 aromatic rings. The fraction of sp³-hybridized carbons (Fsp3) is 0.222. The third-order valence-corrected chi connectivity index (χ3v) is 3.84. The summed E-state index contributed by atoms with van der Waals surface area (Å²) in [4.78, 5) is 24.2. The number of benzene rings is 2. The van der Waals surface area contributed by atoms with E-state index in [0.717, 1.165) is 9.26 Å². The average molecular weight is 422 g/mol. The molecular formula is C18H19IN2O2. The molecule has 0 aliphatic heterocycles. The normalized spacial score (nSPS) is 11.0. The Morgan fingerprint density at radius 1 is 0.913 bits per heavy atom. The Labute approximate surface area is 149 Å². The first-order valence-electron chi connectivity index (χ1n) is 7.24. The Bertz CT molecular complexity index is 719. The van der Waals surface area contributed by atoms with Crippen LogP contribution in [0.15, 0.2) is 48.5 Å². The van der Waals surface area contributed by atoms with Crippen molar-refractivity contribution in [3.63, 3.8) is 0 Å². The molecule has 23 heavy (non-hydrogen) atoms. The molecule has 2 N–H and O–H groups in total. The van der Waals surface area contributed by atoms with E-state index < -0.39 is 5.41 Å². The molecule has 0 saturated heterocycles. The summed E-state index contributed by atoms with van der Waals surface area (Å²) in [7, 11) is 0. The van der Waals surface area contributed by atoms with Crippen molar-refractivity contribution in [1.82, 2.24) is 0 Å². The topological polar surface area (TPSA) is 58.2 Å². The van der Waals surface area contributed by atoms with Crippen molar-refractivity contribution >= 4 is 45.8 Å². The van der Waals surface area contributed by atoms with Gasteiger partial charge in [-0.3, -0.25) is 9.59 Å². The van der Waals surface area contributed by atoms with Gasteiger partial charge in [-0.2, -0.15) is 0 Å². The zero-order valence-electron chi connectivity index (χ0n) is 13.3. The van der Waals surface area contributed by atoms with E-state index in [9.17, 15) is 9.59 Å². The highest BCUT2D eigenvalue weighted by atomic mass is 127. The first-order chi connectivity index (χ1) is 10.8. The van der Waals surface area contributed by atoms with Gasteiger partial charge in [0.05, 0.1) is 0 Å². The predicted molar refractivity (Wildman–Crippen MR) is 102 cm³/mol. The minimum absolute atomic E-state index is 0.0615. The lowest BCUT2D eigenvalue weighted by Gasteiger charge is -2.17. The molecule has 0 saturated carbocycles. The van der Waals surface area contributed by atoms with Gasteiger partial charge in [-0.1, -0.05) is 26.8 Å². The Morgan fingerprint density at radius 3 is 2.13 bits per heavy atom. The van der Waals surface area contributed by atoms with Gasteiger partial charge in [-0.25, -0.2) is 0 Å². The number of carbonyl (C=O) groups excluding carboxylic acids is 2. The molecule has 4 nitrogen and oxygen atoms in total. The second-order valence-electron chi connectivity index (χ2n) is 6.25. The molecule has 0 aromatic heterocycles. The van der Waals surface area contributed by atoms with Crippen LogP contribution < -0.4 is 10.6 Å². The number of nitrogens with one attached hydrogen (secondary N) is 2. The average Bonchev–Trinajstić information content (AvgIpc) is 2.47. The van der Waals surface area contributed by atoms with Crippen LogP contribution in [0.3, 0.4) is 0 Å². The van der Waals surface area contributed by atoms with Crippen molar-refractivity contribution in [1.29, 1.82) is 0 Å². The maximum absolute atomic E-state index is 12.2. The molecular weight excluding hydrogens is 403 g/mol. The number of carbonyl (C=O) groups is 2. The Hall–Kier alpha value is -1.89. The highest BCUT2D eigenvalue weighted by molar-refractivity contribution is 14.1. The van der Waals surface area contributed by atoms with Gasteiger partial charge in [0.2, 0.25) is 5.91 Å². The number of rotatable bonds is 3. The first kappa shape index (κ1) is 17.5. The van der Waals surface area contributed by atoms with E-state index in [2.05, 4.69) is 33.2 Å². The number of anilines is 2. The van der Waals surface area contributed by atoms with Gasteiger partial charge >= 0.3 is 0 Å². The van der Waals surface area contributed by atoms with Gasteiger partial charge in [0.1, 0.15) is 0 Å². The summed E-state index contributed by atoms with van der Waals surface area (Å²) >= 11 is 2.20. The smallest absolute Gasteiger partial charge is 0.255 e. The Morgan fingerprint density at radius 2 is 1.57 bits per heavy atom.